The Labute approximate surface area is 109 Å². The summed E-state index contributed by atoms with van der Waals surface area (Å²) in [5.74, 6) is -0.121. The lowest BCUT2D eigenvalue weighted by Crippen LogP contribution is -2.08. The second-order valence-corrected chi connectivity index (χ2v) is 4.21. The fourth-order valence-corrected chi connectivity index (χ4v) is 1.75. The molecule has 7 heteroatoms. The third-order valence-electron chi connectivity index (χ3n) is 2.73. The Morgan fingerprint density at radius 2 is 2.05 bits per heavy atom. The largest absolute Gasteiger partial charge is 0.356 e. The van der Waals surface area contributed by atoms with E-state index in [9.17, 15) is 14.5 Å². The maximum atomic E-state index is 12.8. The molecule has 0 aliphatic carbocycles. The molecule has 2 aromatic rings. The molecule has 0 saturated carbocycles. The average molecular weight is 264 g/mol. The summed E-state index contributed by atoms with van der Waals surface area (Å²) in [5.41, 5.74) is 0.734. The van der Waals surface area contributed by atoms with Gasteiger partial charge >= 0.3 is 5.69 Å². The van der Waals surface area contributed by atoms with E-state index in [1.54, 1.807) is 19.2 Å². The molecule has 0 bridgehead atoms. The highest BCUT2D eigenvalue weighted by Crippen LogP contribution is 2.26. The highest BCUT2D eigenvalue weighted by molar-refractivity contribution is 5.55. The van der Waals surface area contributed by atoms with Crippen molar-refractivity contribution in [3.05, 3.63) is 52.0 Å². The van der Waals surface area contributed by atoms with Gasteiger partial charge in [0.05, 0.1) is 11.0 Å². The van der Waals surface area contributed by atoms with Gasteiger partial charge in [-0.1, -0.05) is 12.1 Å². The number of nitrogens with one attached hydrogen (secondary N) is 1. The molecule has 6 nitrogen and oxygen atoms in total. The molecule has 1 N–H and O–H groups in total. The molecule has 1 atom stereocenters. The predicted octanol–water partition coefficient (Wildman–Crippen LogP) is 2.64. The predicted molar refractivity (Wildman–Crippen MR) is 68.3 cm³/mol. The van der Waals surface area contributed by atoms with Crippen molar-refractivity contribution in [1.82, 2.24) is 9.78 Å². The number of hydrogen-bond acceptors (Lipinski definition) is 4. The molecule has 0 spiro atoms. The normalized spacial score (nSPS) is 12.2. The minimum atomic E-state index is -0.493. The van der Waals surface area contributed by atoms with Crippen LogP contribution in [-0.4, -0.2) is 14.7 Å². The zero-order chi connectivity index (χ0) is 14.0. The van der Waals surface area contributed by atoms with Gasteiger partial charge in [0.25, 0.3) is 0 Å². The van der Waals surface area contributed by atoms with Crippen LogP contribution in [-0.2, 0) is 7.05 Å². The van der Waals surface area contributed by atoms with Crippen LogP contribution < -0.4 is 5.32 Å². The Hall–Kier alpha value is -2.44. The molecule has 0 fully saturated rings. The van der Waals surface area contributed by atoms with E-state index in [1.165, 1.54) is 23.0 Å². The first-order valence-corrected chi connectivity index (χ1v) is 5.67. The number of aryl methyl sites for hydroxylation is 1. The molecular formula is C12H13FN4O2. The molecular weight excluding hydrogens is 251 g/mol. The molecule has 0 amide bonds. The number of nitro groups is 1. The van der Waals surface area contributed by atoms with E-state index in [0.29, 0.717) is 0 Å². The molecule has 1 heterocycles. The van der Waals surface area contributed by atoms with Gasteiger partial charge in [0.15, 0.2) is 0 Å². The van der Waals surface area contributed by atoms with Crippen LogP contribution in [0.5, 0.6) is 0 Å². The number of aromatic nitrogens is 2. The molecule has 1 aromatic heterocycles. The summed E-state index contributed by atoms with van der Waals surface area (Å²) in [6.45, 7) is 1.83. The second-order valence-electron chi connectivity index (χ2n) is 4.21. The van der Waals surface area contributed by atoms with Gasteiger partial charge in [-0.3, -0.25) is 14.8 Å². The Balaban J connectivity index is 2.21. The Morgan fingerprint density at radius 3 is 2.63 bits per heavy atom. The fourth-order valence-electron chi connectivity index (χ4n) is 1.75. The second kappa shape index (κ2) is 5.05. The molecule has 19 heavy (non-hydrogen) atoms. The van der Waals surface area contributed by atoms with E-state index >= 15 is 0 Å². The van der Waals surface area contributed by atoms with Crippen molar-refractivity contribution in [3.8, 4) is 0 Å². The van der Waals surface area contributed by atoms with Gasteiger partial charge in [0, 0.05) is 7.05 Å². The van der Waals surface area contributed by atoms with E-state index in [4.69, 9.17) is 0 Å². The van der Waals surface area contributed by atoms with Crippen LogP contribution >= 0.6 is 0 Å². The lowest BCUT2D eigenvalue weighted by atomic mass is 10.1. The third kappa shape index (κ3) is 2.87. The van der Waals surface area contributed by atoms with Crippen LogP contribution in [0.3, 0.4) is 0 Å². The molecule has 100 valence electrons. The minimum Gasteiger partial charge on any atom is -0.356 e. The smallest absolute Gasteiger partial charge is 0.330 e. The molecule has 0 aliphatic rings. The Morgan fingerprint density at radius 1 is 1.42 bits per heavy atom. The monoisotopic (exact) mass is 264 g/mol. The Bertz CT molecular complexity index is 594. The van der Waals surface area contributed by atoms with Gasteiger partial charge < -0.3 is 5.32 Å². The van der Waals surface area contributed by atoms with E-state index in [1.807, 2.05) is 6.92 Å². The SMILES string of the molecule is CC(Nc1nn(C)cc1[N+](=O)[O-])c1ccc(F)cc1. The molecule has 0 radical (unpaired) electrons. The summed E-state index contributed by atoms with van der Waals surface area (Å²) in [7, 11) is 1.61. The summed E-state index contributed by atoms with van der Waals surface area (Å²) < 4.78 is 14.2. The van der Waals surface area contributed by atoms with Gasteiger partial charge in [0.1, 0.15) is 12.0 Å². The summed E-state index contributed by atoms with van der Waals surface area (Å²) in [6.07, 6.45) is 1.33. The molecule has 0 aliphatic heterocycles. The molecule has 2 rings (SSSR count). The highest BCUT2D eigenvalue weighted by Gasteiger charge is 2.20. The summed E-state index contributed by atoms with van der Waals surface area (Å²) >= 11 is 0. The lowest BCUT2D eigenvalue weighted by Gasteiger charge is -2.13. The van der Waals surface area contributed by atoms with Gasteiger partial charge in [-0.05, 0) is 24.6 Å². The van der Waals surface area contributed by atoms with Crippen LogP contribution in [0.15, 0.2) is 30.5 Å². The highest BCUT2D eigenvalue weighted by atomic mass is 19.1. The Kier molecular flexibility index (Phi) is 3.46. The molecule has 0 saturated heterocycles. The van der Waals surface area contributed by atoms with E-state index in [-0.39, 0.29) is 23.4 Å². The van der Waals surface area contributed by atoms with Crippen LogP contribution in [0.1, 0.15) is 18.5 Å². The van der Waals surface area contributed by atoms with E-state index in [0.717, 1.165) is 5.56 Å². The maximum absolute atomic E-state index is 12.8. The van der Waals surface area contributed by atoms with Crippen molar-refractivity contribution in [1.29, 1.82) is 0 Å². The number of halogens is 1. The standard InChI is InChI=1S/C12H13FN4O2/c1-8(9-3-5-10(13)6-4-9)14-12-11(17(18)19)7-16(2)15-12/h3-8H,1-2H3,(H,14,15). The van der Waals surface area contributed by atoms with Gasteiger partial charge in [0.2, 0.25) is 5.82 Å². The first kappa shape index (κ1) is 13.0. The first-order valence-electron chi connectivity index (χ1n) is 5.67. The number of hydrogen-bond donors (Lipinski definition) is 1. The summed E-state index contributed by atoms with van der Waals surface area (Å²) in [6, 6.07) is 5.73. The summed E-state index contributed by atoms with van der Waals surface area (Å²) in [5, 5.41) is 17.8. The zero-order valence-electron chi connectivity index (χ0n) is 10.5. The number of benzene rings is 1. The topological polar surface area (TPSA) is 73.0 Å². The minimum absolute atomic E-state index is 0.0866. The third-order valence-corrected chi connectivity index (χ3v) is 2.73. The zero-order valence-corrected chi connectivity index (χ0v) is 10.5. The van der Waals surface area contributed by atoms with Crippen LogP contribution in [0.2, 0.25) is 0 Å². The van der Waals surface area contributed by atoms with Crippen molar-refractivity contribution in [2.45, 2.75) is 13.0 Å². The van der Waals surface area contributed by atoms with E-state index < -0.39 is 4.92 Å². The number of nitrogens with zero attached hydrogens (tertiary/aromatic N) is 3. The lowest BCUT2D eigenvalue weighted by molar-refractivity contribution is -0.384. The molecule has 1 unspecified atom stereocenters. The fraction of sp³-hybridized carbons (Fsp3) is 0.250. The van der Waals surface area contributed by atoms with Gasteiger partial charge in [-0.2, -0.15) is 0 Å². The average Bonchev–Trinajstić information content (AvgIpc) is 2.71. The van der Waals surface area contributed by atoms with Crippen LogP contribution in [0.4, 0.5) is 15.9 Å². The maximum Gasteiger partial charge on any atom is 0.330 e. The van der Waals surface area contributed by atoms with E-state index in [2.05, 4.69) is 10.4 Å². The van der Waals surface area contributed by atoms with Crippen LogP contribution in [0, 0.1) is 15.9 Å². The van der Waals surface area contributed by atoms with Crippen LogP contribution in [0.25, 0.3) is 0 Å². The number of rotatable bonds is 4. The first-order chi connectivity index (χ1) is 8.97. The van der Waals surface area contributed by atoms with Crippen molar-refractivity contribution in [2.24, 2.45) is 7.05 Å². The molecule has 1 aromatic carbocycles. The van der Waals surface area contributed by atoms with Crippen molar-refractivity contribution < 1.29 is 9.31 Å². The van der Waals surface area contributed by atoms with Gasteiger partial charge in [-0.25, -0.2) is 4.39 Å². The number of anilines is 1. The van der Waals surface area contributed by atoms with Crippen molar-refractivity contribution in [3.63, 3.8) is 0 Å². The quantitative estimate of drug-likeness (QED) is 0.680. The van der Waals surface area contributed by atoms with Gasteiger partial charge in [-0.15, -0.1) is 5.10 Å². The van der Waals surface area contributed by atoms with Crippen molar-refractivity contribution >= 4 is 11.5 Å². The summed E-state index contributed by atoms with van der Waals surface area (Å²) in [4.78, 5) is 10.4. The van der Waals surface area contributed by atoms with Crippen molar-refractivity contribution in [2.75, 3.05) is 5.32 Å².